The first-order valence-corrected chi connectivity index (χ1v) is 10.1. The van der Waals surface area contributed by atoms with Crippen LogP contribution in [0.5, 0.6) is 5.75 Å². The minimum Gasteiger partial charge on any atom is -0.497 e. The molecule has 154 valence electrons. The average Bonchev–Trinajstić information content (AvgIpc) is 2.63. The van der Waals surface area contributed by atoms with Gasteiger partial charge in [0.2, 0.25) is 5.91 Å². The van der Waals surface area contributed by atoms with Crippen molar-refractivity contribution in [2.75, 3.05) is 17.1 Å². The molecule has 0 radical (unpaired) electrons. The molecular weight excluding hydrogens is 402 g/mol. The second-order valence-electron chi connectivity index (χ2n) is 6.20. The highest BCUT2D eigenvalue weighted by atomic mass is 35.5. The third kappa shape index (κ3) is 6.12. The first kappa shape index (κ1) is 23.7. The van der Waals surface area contributed by atoms with Gasteiger partial charge < -0.3 is 15.8 Å². The second kappa shape index (κ2) is 10.3. The van der Waals surface area contributed by atoms with Crippen molar-refractivity contribution in [3.63, 3.8) is 0 Å². The number of aryl methyl sites for hydroxylation is 1. The molecule has 0 saturated heterocycles. The molecule has 1 amide bonds. The van der Waals surface area contributed by atoms with Crippen LogP contribution in [0.25, 0.3) is 0 Å². The van der Waals surface area contributed by atoms with E-state index in [1.807, 2.05) is 6.92 Å². The molecule has 0 spiro atoms. The number of rotatable bonds is 8. The molecule has 1 atom stereocenters. The predicted molar refractivity (Wildman–Crippen MR) is 114 cm³/mol. The number of methoxy groups -OCH3 is 1. The maximum Gasteiger partial charge on any atom is 0.262 e. The predicted octanol–water partition coefficient (Wildman–Crippen LogP) is 3.29. The molecule has 0 aliphatic rings. The van der Waals surface area contributed by atoms with Crippen molar-refractivity contribution < 1.29 is 17.9 Å². The molecule has 0 heterocycles. The largest absolute Gasteiger partial charge is 0.497 e. The van der Waals surface area contributed by atoms with E-state index in [4.69, 9.17) is 10.5 Å². The lowest BCUT2D eigenvalue weighted by molar-refractivity contribution is -0.117. The van der Waals surface area contributed by atoms with Gasteiger partial charge >= 0.3 is 0 Å². The Hall–Kier alpha value is -2.29. The molecule has 0 aliphatic carbocycles. The van der Waals surface area contributed by atoms with Crippen molar-refractivity contribution in [1.82, 2.24) is 0 Å². The monoisotopic (exact) mass is 427 g/mol. The van der Waals surface area contributed by atoms with Crippen molar-refractivity contribution in [3.05, 3.63) is 48.0 Å². The zero-order valence-corrected chi connectivity index (χ0v) is 17.7. The Labute approximate surface area is 172 Å². The molecule has 9 heteroatoms. The van der Waals surface area contributed by atoms with Gasteiger partial charge in [-0.3, -0.25) is 9.52 Å². The standard InChI is InChI=1S/C19H25N3O4S.ClH/c1-4-5-17(20)19(23)21-15-7-6-13(2)18(12-15)27(24,25)22-14-8-10-16(26-3)11-9-14;/h6-12,17,22H,4-5,20H2,1-3H3,(H,21,23);1H. The fourth-order valence-electron chi connectivity index (χ4n) is 2.51. The van der Waals surface area contributed by atoms with E-state index in [1.54, 1.807) is 43.3 Å². The zero-order chi connectivity index (χ0) is 20.0. The van der Waals surface area contributed by atoms with Crippen LogP contribution in [0.2, 0.25) is 0 Å². The summed E-state index contributed by atoms with van der Waals surface area (Å²) in [7, 11) is -2.29. The molecule has 7 nitrogen and oxygen atoms in total. The van der Waals surface area contributed by atoms with Crippen LogP contribution in [0.4, 0.5) is 11.4 Å². The SMILES string of the molecule is CCCC(N)C(=O)Nc1ccc(C)c(S(=O)(=O)Nc2ccc(OC)cc2)c1.Cl. The molecule has 0 fully saturated rings. The van der Waals surface area contributed by atoms with Crippen molar-refractivity contribution in [2.45, 2.75) is 37.6 Å². The lowest BCUT2D eigenvalue weighted by atomic mass is 10.1. The van der Waals surface area contributed by atoms with Crippen LogP contribution < -0.4 is 20.5 Å². The minimum absolute atomic E-state index is 0. The van der Waals surface area contributed by atoms with E-state index in [9.17, 15) is 13.2 Å². The Morgan fingerprint density at radius 1 is 1.14 bits per heavy atom. The number of nitrogens with two attached hydrogens (primary N) is 1. The highest BCUT2D eigenvalue weighted by Crippen LogP contribution is 2.24. The van der Waals surface area contributed by atoms with Gasteiger partial charge in [-0.1, -0.05) is 19.4 Å². The van der Waals surface area contributed by atoms with Gasteiger partial charge in [0.25, 0.3) is 10.0 Å². The van der Waals surface area contributed by atoms with Crippen LogP contribution in [0, 0.1) is 6.92 Å². The Kier molecular flexibility index (Phi) is 8.74. The number of hydrogen-bond acceptors (Lipinski definition) is 5. The van der Waals surface area contributed by atoms with Gasteiger partial charge in [0.1, 0.15) is 5.75 Å². The van der Waals surface area contributed by atoms with Crippen LogP contribution in [-0.2, 0) is 14.8 Å². The molecule has 0 bridgehead atoms. The van der Waals surface area contributed by atoms with Crippen LogP contribution in [0.3, 0.4) is 0 Å². The first-order valence-electron chi connectivity index (χ1n) is 8.60. The summed E-state index contributed by atoms with van der Waals surface area (Å²) >= 11 is 0. The fourth-order valence-corrected chi connectivity index (χ4v) is 3.84. The Bertz CT molecular complexity index is 902. The number of ether oxygens (including phenoxy) is 1. The molecule has 2 aromatic rings. The van der Waals surface area contributed by atoms with Crippen LogP contribution >= 0.6 is 12.4 Å². The summed E-state index contributed by atoms with van der Waals surface area (Å²) in [6, 6.07) is 10.6. The number of halogens is 1. The van der Waals surface area contributed by atoms with Crippen molar-refractivity contribution in [2.24, 2.45) is 5.73 Å². The summed E-state index contributed by atoms with van der Waals surface area (Å²) in [6.45, 7) is 3.63. The summed E-state index contributed by atoms with van der Waals surface area (Å²) in [5, 5.41) is 2.67. The van der Waals surface area contributed by atoms with E-state index >= 15 is 0 Å². The van der Waals surface area contributed by atoms with Crippen molar-refractivity contribution in [1.29, 1.82) is 0 Å². The van der Waals surface area contributed by atoms with Gasteiger partial charge in [0.05, 0.1) is 18.0 Å². The fraction of sp³-hybridized carbons (Fsp3) is 0.316. The summed E-state index contributed by atoms with van der Waals surface area (Å²) in [5.74, 6) is 0.287. The number of amides is 1. The van der Waals surface area contributed by atoms with Gasteiger partial charge in [-0.2, -0.15) is 0 Å². The Balaban J connectivity index is 0.00000392. The maximum atomic E-state index is 12.8. The number of benzene rings is 2. The third-order valence-corrected chi connectivity index (χ3v) is 5.55. The van der Waals surface area contributed by atoms with Gasteiger partial charge in [-0.15, -0.1) is 12.4 Å². The third-order valence-electron chi connectivity index (χ3n) is 4.02. The molecule has 0 aromatic heterocycles. The van der Waals surface area contributed by atoms with E-state index in [1.165, 1.54) is 13.2 Å². The molecule has 2 aromatic carbocycles. The summed E-state index contributed by atoms with van der Waals surface area (Å²) in [5.41, 5.74) is 7.16. The molecule has 0 aliphatic heterocycles. The molecule has 28 heavy (non-hydrogen) atoms. The summed E-state index contributed by atoms with van der Waals surface area (Å²) in [4.78, 5) is 12.2. The number of sulfonamides is 1. The average molecular weight is 428 g/mol. The minimum atomic E-state index is -3.83. The van der Waals surface area contributed by atoms with E-state index in [0.29, 0.717) is 29.1 Å². The van der Waals surface area contributed by atoms with Gasteiger partial charge in [-0.25, -0.2) is 8.42 Å². The summed E-state index contributed by atoms with van der Waals surface area (Å²) in [6.07, 6.45) is 1.34. The van der Waals surface area contributed by atoms with Gasteiger partial charge in [0, 0.05) is 11.4 Å². The maximum absolute atomic E-state index is 12.8. The first-order chi connectivity index (χ1) is 12.8. The topological polar surface area (TPSA) is 111 Å². The highest BCUT2D eigenvalue weighted by Gasteiger charge is 2.19. The number of carbonyl (C=O) groups is 1. The van der Waals surface area contributed by atoms with E-state index < -0.39 is 16.1 Å². The molecular formula is C19H26ClN3O4S. The quantitative estimate of drug-likeness (QED) is 0.598. The molecule has 4 N–H and O–H groups in total. The van der Waals surface area contributed by atoms with E-state index in [-0.39, 0.29) is 23.2 Å². The molecule has 2 rings (SSSR count). The van der Waals surface area contributed by atoms with Gasteiger partial charge in [-0.05, 0) is 55.3 Å². The second-order valence-corrected chi connectivity index (χ2v) is 7.85. The number of hydrogen-bond donors (Lipinski definition) is 3. The summed E-state index contributed by atoms with van der Waals surface area (Å²) < 4.78 is 33.1. The lowest BCUT2D eigenvalue weighted by Crippen LogP contribution is -2.35. The van der Waals surface area contributed by atoms with Crippen LogP contribution in [0.1, 0.15) is 25.3 Å². The van der Waals surface area contributed by atoms with Crippen molar-refractivity contribution in [3.8, 4) is 5.75 Å². The smallest absolute Gasteiger partial charge is 0.262 e. The van der Waals surface area contributed by atoms with E-state index in [2.05, 4.69) is 10.0 Å². The highest BCUT2D eigenvalue weighted by molar-refractivity contribution is 7.92. The zero-order valence-electron chi connectivity index (χ0n) is 16.1. The van der Waals surface area contributed by atoms with Crippen LogP contribution in [0.15, 0.2) is 47.4 Å². The molecule has 1 unspecified atom stereocenters. The Morgan fingerprint density at radius 3 is 2.32 bits per heavy atom. The number of carbonyl (C=O) groups excluding carboxylic acids is 1. The Morgan fingerprint density at radius 2 is 1.75 bits per heavy atom. The number of nitrogens with one attached hydrogen (secondary N) is 2. The van der Waals surface area contributed by atoms with Gasteiger partial charge in [0.15, 0.2) is 0 Å². The van der Waals surface area contributed by atoms with Crippen LogP contribution in [-0.4, -0.2) is 27.5 Å². The lowest BCUT2D eigenvalue weighted by Gasteiger charge is -2.14. The molecule has 0 saturated carbocycles. The van der Waals surface area contributed by atoms with Crippen molar-refractivity contribution >= 4 is 39.7 Å². The normalized spacial score (nSPS) is 11.9. The number of anilines is 2. The van der Waals surface area contributed by atoms with E-state index in [0.717, 1.165) is 6.42 Å².